The van der Waals surface area contributed by atoms with Gasteiger partial charge in [-0.1, -0.05) is 38.8 Å². The van der Waals surface area contributed by atoms with E-state index in [0.29, 0.717) is 0 Å². The quantitative estimate of drug-likeness (QED) is 0.645. The molecule has 1 rings (SSSR count). The molecule has 0 amide bonds. The third-order valence-corrected chi connectivity index (χ3v) is 3.07. The van der Waals surface area contributed by atoms with E-state index in [0.717, 1.165) is 38.1 Å². The van der Waals surface area contributed by atoms with Crippen molar-refractivity contribution in [2.75, 3.05) is 19.7 Å². The fourth-order valence-corrected chi connectivity index (χ4v) is 1.94. The van der Waals surface area contributed by atoms with E-state index in [1.165, 1.54) is 25.0 Å². The highest BCUT2D eigenvalue weighted by Gasteiger charge is 2.11. The topological polar surface area (TPSA) is 21.3 Å². The lowest BCUT2D eigenvalue weighted by molar-refractivity contribution is 0.0501. The summed E-state index contributed by atoms with van der Waals surface area (Å²) in [7, 11) is 0. The van der Waals surface area contributed by atoms with Crippen LogP contribution in [-0.4, -0.2) is 19.7 Å². The normalized spacial score (nSPS) is 12.6. The maximum absolute atomic E-state index is 13.0. The number of hydrogen-bond donors (Lipinski definition) is 1. The molecule has 2 nitrogen and oxygen atoms in total. The Balaban J connectivity index is 2.49. The number of benzene rings is 1. The first-order valence-corrected chi connectivity index (χ1v) is 7.35. The number of rotatable bonds is 10. The zero-order valence-corrected chi connectivity index (χ0v) is 12.1. The van der Waals surface area contributed by atoms with Gasteiger partial charge in [-0.2, -0.15) is 0 Å². The van der Waals surface area contributed by atoms with Gasteiger partial charge in [0, 0.05) is 13.2 Å². The Labute approximate surface area is 116 Å². The first kappa shape index (κ1) is 16.1. The van der Waals surface area contributed by atoms with Crippen molar-refractivity contribution in [1.29, 1.82) is 0 Å². The molecule has 1 aromatic rings. The van der Waals surface area contributed by atoms with Crippen LogP contribution in [0.5, 0.6) is 0 Å². The van der Waals surface area contributed by atoms with Gasteiger partial charge in [-0.05, 0) is 37.1 Å². The number of halogens is 1. The summed E-state index contributed by atoms with van der Waals surface area (Å²) < 4.78 is 18.9. The minimum Gasteiger partial charge on any atom is -0.372 e. The average molecular weight is 267 g/mol. The number of unbranched alkanes of at least 4 members (excludes halogenated alkanes) is 2. The average Bonchev–Trinajstić information content (AvgIpc) is 2.43. The summed E-state index contributed by atoms with van der Waals surface area (Å²) in [6.07, 6.45) is 4.59. The van der Waals surface area contributed by atoms with Crippen molar-refractivity contribution in [3.8, 4) is 0 Å². The van der Waals surface area contributed by atoms with Crippen LogP contribution in [0.4, 0.5) is 4.39 Å². The third kappa shape index (κ3) is 6.69. The summed E-state index contributed by atoms with van der Waals surface area (Å²) in [5, 5.41) is 3.37. The molecular formula is C16H26FNO. The molecule has 0 fully saturated rings. The van der Waals surface area contributed by atoms with E-state index in [2.05, 4.69) is 19.2 Å². The molecule has 0 saturated heterocycles. The maximum Gasteiger partial charge on any atom is 0.123 e. The van der Waals surface area contributed by atoms with Gasteiger partial charge in [0.2, 0.25) is 0 Å². The minimum absolute atomic E-state index is 0.0176. The van der Waals surface area contributed by atoms with Gasteiger partial charge in [0.15, 0.2) is 0 Å². The molecule has 0 heterocycles. The summed E-state index contributed by atoms with van der Waals surface area (Å²) >= 11 is 0. The fourth-order valence-electron chi connectivity index (χ4n) is 1.94. The van der Waals surface area contributed by atoms with Crippen molar-refractivity contribution >= 4 is 0 Å². The van der Waals surface area contributed by atoms with Gasteiger partial charge in [-0.25, -0.2) is 4.39 Å². The van der Waals surface area contributed by atoms with Crippen LogP contribution in [-0.2, 0) is 4.74 Å². The van der Waals surface area contributed by atoms with Crippen molar-refractivity contribution < 1.29 is 9.13 Å². The molecule has 1 unspecified atom stereocenters. The van der Waals surface area contributed by atoms with Crippen molar-refractivity contribution in [3.05, 3.63) is 35.6 Å². The third-order valence-electron chi connectivity index (χ3n) is 3.07. The summed E-state index contributed by atoms with van der Waals surface area (Å²) in [4.78, 5) is 0. The van der Waals surface area contributed by atoms with Crippen LogP contribution in [0.1, 0.15) is 51.2 Å². The zero-order valence-electron chi connectivity index (χ0n) is 12.1. The number of ether oxygens (including phenoxy) is 1. The summed E-state index contributed by atoms with van der Waals surface area (Å²) in [5.74, 6) is -0.199. The van der Waals surface area contributed by atoms with E-state index in [1.807, 2.05) is 12.1 Å². The summed E-state index contributed by atoms with van der Waals surface area (Å²) in [6.45, 7) is 6.85. The van der Waals surface area contributed by atoms with E-state index < -0.39 is 0 Å². The Hall–Kier alpha value is -0.930. The molecule has 3 heteroatoms. The van der Waals surface area contributed by atoms with Gasteiger partial charge in [-0.3, -0.25) is 0 Å². The Bertz CT molecular complexity index is 326. The van der Waals surface area contributed by atoms with Crippen LogP contribution >= 0.6 is 0 Å². The zero-order chi connectivity index (χ0) is 13.9. The van der Waals surface area contributed by atoms with Gasteiger partial charge in [0.05, 0.1) is 6.10 Å². The van der Waals surface area contributed by atoms with Crippen LogP contribution in [0.3, 0.4) is 0 Å². The second-order valence-electron chi connectivity index (χ2n) is 4.82. The van der Waals surface area contributed by atoms with Crippen molar-refractivity contribution in [2.24, 2.45) is 0 Å². The molecule has 108 valence electrons. The van der Waals surface area contributed by atoms with E-state index in [-0.39, 0.29) is 11.9 Å². The molecule has 19 heavy (non-hydrogen) atoms. The molecule has 1 N–H and O–H groups in total. The smallest absolute Gasteiger partial charge is 0.123 e. The SMILES string of the molecule is CCCCCOC(CNCCC)c1ccc(F)cc1. The van der Waals surface area contributed by atoms with E-state index in [9.17, 15) is 4.39 Å². The van der Waals surface area contributed by atoms with Gasteiger partial charge >= 0.3 is 0 Å². The summed E-state index contributed by atoms with van der Waals surface area (Å²) in [5.41, 5.74) is 1.04. The van der Waals surface area contributed by atoms with E-state index in [4.69, 9.17) is 4.74 Å². The molecule has 0 radical (unpaired) electrons. The molecule has 0 spiro atoms. The lowest BCUT2D eigenvalue weighted by atomic mass is 10.1. The molecule has 1 aromatic carbocycles. The molecule has 0 aliphatic rings. The van der Waals surface area contributed by atoms with Crippen LogP contribution in [0.25, 0.3) is 0 Å². The molecule has 1 atom stereocenters. The highest BCUT2D eigenvalue weighted by molar-refractivity contribution is 5.19. The molecule has 0 saturated carbocycles. The highest BCUT2D eigenvalue weighted by atomic mass is 19.1. The van der Waals surface area contributed by atoms with Crippen molar-refractivity contribution in [3.63, 3.8) is 0 Å². The minimum atomic E-state index is -0.199. The van der Waals surface area contributed by atoms with Crippen LogP contribution in [0.2, 0.25) is 0 Å². The van der Waals surface area contributed by atoms with Gasteiger partial charge in [0.25, 0.3) is 0 Å². The van der Waals surface area contributed by atoms with Crippen LogP contribution < -0.4 is 5.32 Å². The Morgan fingerprint density at radius 2 is 1.84 bits per heavy atom. The van der Waals surface area contributed by atoms with Crippen molar-refractivity contribution in [2.45, 2.75) is 45.6 Å². The standard InChI is InChI=1S/C16H26FNO/c1-3-5-6-12-19-16(13-18-11-4-2)14-7-9-15(17)10-8-14/h7-10,16,18H,3-6,11-13H2,1-2H3. The van der Waals surface area contributed by atoms with E-state index >= 15 is 0 Å². The highest BCUT2D eigenvalue weighted by Crippen LogP contribution is 2.18. The number of nitrogens with one attached hydrogen (secondary N) is 1. The largest absolute Gasteiger partial charge is 0.372 e. The second kappa shape index (κ2) is 9.93. The van der Waals surface area contributed by atoms with Gasteiger partial charge in [-0.15, -0.1) is 0 Å². The Morgan fingerprint density at radius 1 is 1.11 bits per heavy atom. The molecule has 0 bridgehead atoms. The monoisotopic (exact) mass is 267 g/mol. The number of hydrogen-bond acceptors (Lipinski definition) is 2. The second-order valence-corrected chi connectivity index (χ2v) is 4.82. The predicted molar refractivity (Wildman–Crippen MR) is 77.8 cm³/mol. The summed E-state index contributed by atoms with van der Waals surface area (Å²) in [6, 6.07) is 6.62. The molecule has 0 aliphatic heterocycles. The first-order chi connectivity index (χ1) is 9.27. The van der Waals surface area contributed by atoms with Crippen LogP contribution in [0.15, 0.2) is 24.3 Å². The van der Waals surface area contributed by atoms with Crippen molar-refractivity contribution in [1.82, 2.24) is 5.32 Å². The predicted octanol–water partition coefficient (Wildman–Crippen LogP) is 4.07. The Morgan fingerprint density at radius 3 is 2.47 bits per heavy atom. The van der Waals surface area contributed by atoms with Gasteiger partial charge < -0.3 is 10.1 Å². The lowest BCUT2D eigenvalue weighted by Crippen LogP contribution is -2.24. The molecule has 0 aromatic heterocycles. The lowest BCUT2D eigenvalue weighted by Gasteiger charge is -2.19. The van der Waals surface area contributed by atoms with Crippen LogP contribution in [0, 0.1) is 5.82 Å². The fraction of sp³-hybridized carbons (Fsp3) is 0.625. The van der Waals surface area contributed by atoms with Gasteiger partial charge in [0.1, 0.15) is 5.82 Å². The van der Waals surface area contributed by atoms with E-state index in [1.54, 1.807) is 0 Å². The first-order valence-electron chi connectivity index (χ1n) is 7.35. The molecular weight excluding hydrogens is 241 g/mol. The Kier molecular flexibility index (Phi) is 8.43. The molecule has 0 aliphatic carbocycles. The maximum atomic E-state index is 13.0.